The van der Waals surface area contributed by atoms with Gasteiger partial charge in [0.2, 0.25) is 0 Å². The van der Waals surface area contributed by atoms with Gasteiger partial charge in [-0.2, -0.15) is 5.10 Å². The minimum Gasteiger partial charge on any atom is -0.356 e. The topological polar surface area (TPSA) is 63.1 Å². The van der Waals surface area contributed by atoms with Crippen LogP contribution in [0.5, 0.6) is 0 Å². The summed E-state index contributed by atoms with van der Waals surface area (Å²) in [6, 6.07) is 0. The third kappa shape index (κ3) is 5.46. The lowest BCUT2D eigenvalue weighted by Crippen LogP contribution is -2.30. The fraction of sp³-hybridized carbons (Fsp3) is 0.522. The van der Waals surface area contributed by atoms with E-state index in [4.69, 9.17) is 4.98 Å². The number of allylic oxidation sites excluding steroid dienone is 1. The summed E-state index contributed by atoms with van der Waals surface area (Å²) in [7, 11) is 3.56. The highest BCUT2D eigenvalue weighted by Crippen LogP contribution is 2.34. The van der Waals surface area contributed by atoms with Crippen molar-refractivity contribution in [1.29, 1.82) is 0 Å². The van der Waals surface area contributed by atoms with E-state index in [1.165, 1.54) is 6.42 Å². The molecule has 1 N–H and O–H groups in total. The average molecular weight is 398 g/mol. The van der Waals surface area contributed by atoms with Crippen LogP contribution in [0.15, 0.2) is 31.2 Å². The Bertz CT molecular complexity index is 853. The second-order valence-corrected chi connectivity index (χ2v) is 8.39. The quantitative estimate of drug-likeness (QED) is 0.782. The van der Waals surface area contributed by atoms with Crippen LogP contribution in [0.1, 0.15) is 56.0 Å². The largest absolute Gasteiger partial charge is 0.356 e. The lowest BCUT2D eigenvalue weighted by atomic mass is 9.85. The van der Waals surface area contributed by atoms with Gasteiger partial charge in [0, 0.05) is 50.7 Å². The number of amides is 1. The van der Waals surface area contributed by atoms with E-state index in [0.717, 1.165) is 48.4 Å². The van der Waals surface area contributed by atoms with Crippen LogP contribution in [0.2, 0.25) is 0 Å². The van der Waals surface area contributed by atoms with Crippen molar-refractivity contribution < 1.29 is 4.79 Å². The SMILES string of the molecule is C=CC.CNC(=O)c1c(N2CCCC(C)(C)CC2)ncc(-c2cnn(C)c2)c1C. The highest BCUT2D eigenvalue weighted by atomic mass is 16.1. The molecular weight excluding hydrogens is 362 g/mol. The molecule has 0 radical (unpaired) electrons. The van der Waals surface area contributed by atoms with Gasteiger partial charge in [0.1, 0.15) is 5.82 Å². The van der Waals surface area contributed by atoms with Gasteiger partial charge in [-0.15, -0.1) is 6.58 Å². The smallest absolute Gasteiger partial charge is 0.255 e. The van der Waals surface area contributed by atoms with Crippen molar-refractivity contribution in [3.05, 3.63) is 42.4 Å². The second-order valence-electron chi connectivity index (χ2n) is 8.39. The minimum atomic E-state index is -0.0840. The van der Waals surface area contributed by atoms with E-state index in [0.29, 0.717) is 11.0 Å². The second kappa shape index (κ2) is 9.72. The summed E-state index contributed by atoms with van der Waals surface area (Å²) in [5.74, 6) is 0.714. The van der Waals surface area contributed by atoms with Crippen LogP contribution >= 0.6 is 0 Å². The summed E-state index contributed by atoms with van der Waals surface area (Å²) in [4.78, 5) is 19.7. The van der Waals surface area contributed by atoms with Crippen molar-refractivity contribution in [3.8, 4) is 11.1 Å². The number of pyridine rings is 1. The van der Waals surface area contributed by atoms with Crippen LogP contribution in [0.3, 0.4) is 0 Å². The third-order valence-corrected chi connectivity index (χ3v) is 5.43. The number of carbonyl (C=O) groups excluding carboxylic acids is 1. The van der Waals surface area contributed by atoms with Gasteiger partial charge in [0.25, 0.3) is 5.91 Å². The van der Waals surface area contributed by atoms with Gasteiger partial charge in [-0.1, -0.05) is 19.9 Å². The van der Waals surface area contributed by atoms with Gasteiger partial charge in [-0.3, -0.25) is 9.48 Å². The normalized spacial score (nSPS) is 15.7. The van der Waals surface area contributed by atoms with Crippen LogP contribution < -0.4 is 10.2 Å². The van der Waals surface area contributed by atoms with E-state index >= 15 is 0 Å². The highest BCUT2D eigenvalue weighted by molar-refractivity contribution is 6.01. The molecule has 0 saturated carbocycles. The molecule has 6 heteroatoms. The standard InChI is InChI=1S/C20H29N5O.C3H6/c1-14-16(15-11-23-24(5)13-15)12-22-18(17(14)19(26)21-4)25-9-6-7-20(2,3)8-10-25;1-3-2/h11-13H,6-10H2,1-5H3,(H,21,26);3H,1H2,2H3. The molecule has 158 valence electrons. The Morgan fingerprint density at radius 3 is 2.55 bits per heavy atom. The first-order valence-corrected chi connectivity index (χ1v) is 10.3. The van der Waals surface area contributed by atoms with E-state index in [9.17, 15) is 4.79 Å². The summed E-state index contributed by atoms with van der Waals surface area (Å²) in [5, 5.41) is 7.04. The molecule has 29 heavy (non-hydrogen) atoms. The molecule has 1 aliphatic heterocycles. The molecule has 0 bridgehead atoms. The Kier molecular flexibility index (Phi) is 7.59. The van der Waals surface area contributed by atoms with Crippen molar-refractivity contribution >= 4 is 11.7 Å². The van der Waals surface area contributed by atoms with E-state index in [2.05, 4.69) is 35.7 Å². The predicted octanol–water partition coefficient (Wildman–Crippen LogP) is 4.36. The Labute approximate surface area is 175 Å². The Balaban J connectivity index is 0.000000941. The maximum Gasteiger partial charge on any atom is 0.255 e. The van der Waals surface area contributed by atoms with Crippen LogP contribution in [0.25, 0.3) is 11.1 Å². The lowest BCUT2D eigenvalue weighted by molar-refractivity contribution is 0.0962. The van der Waals surface area contributed by atoms with Gasteiger partial charge in [-0.05, 0) is 44.1 Å². The van der Waals surface area contributed by atoms with Crippen molar-refractivity contribution in [2.75, 3.05) is 25.0 Å². The number of hydrogen-bond donors (Lipinski definition) is 1. The molecule has 3 rings (SSSR count). The van der Waals surface area contributed by atoms with Gasteiger partial charge in [-0.25, -0.2) is 4.98 Å². The molecule has 1 fully saturated rings. The van der Waals surface area contributed by atoms with Gasteiger partial charge < -0.3 is 10.2 Å². The van der Waals surface area contributed by atoms with E-state index in [-0.39, 0.29) is 5.91 Å². The fourth-order valence-corrected chi connectivity index (χ4v) is 3.71. The third-order valence-electron chi connectivity index (χ3n) is 5.43. The van der Waals surface area contributed by atoms with Crippen LogP contribution in [0, 0.1) is 12.3 Å². The summed E-state index contributed by atoms with van der Waals surface area (Å²) in [5.41, 5.74) is 3.90. The molecule has 0 spiro atoms. The molecule has 6 nitrogen and oxygen atoms in total. The number of aromatic nitrogens is 3. The van der Waals surface area contributed by atoms with Crippen LogP contribution in [-0.4, -0.2) is 40.8 Å². The number of rotatable bonds is 3. The first-order chi connectivity index (χ1) is 13.7. The Morgan fingerprint density at radius 2 is 1.97 bits per heavy atom. The number of anilines is 1. The summed E-state index contributed by atoms with van der Waals surface area (Å²) < 4.78 is 1.76. The zero-order chi connectivity index (χ0) is 21.6. The van der Waals surface area contributed by atoms with Crippen molar-refractivity contribution in [2.45, 2.75) is 47.0 Å². The van der Waals surface area contributed by atoms with Gasteiger partial charge in [0.15, 0.2) is 0 Å². The number of carbonyl (C=O) groups is 1. The fourth-order valence-electron chi connectivity index (χ4n) is 3.71. The first kappa shape index (κ1) is 22.7. The van der Waals surface area contributed by atoms with Gasteiger partial charge >= 0.3 is 0 Å². The number of aryl methyl sites for hydroxylation is 1. The molecule has 0 aliphatic carbocycles. The number of nitrogens with one attached hydrogen (secondary N) is 1. The molecule has 1 saturated heterocycles. The summed E-state index contributed by atoms with van der Waals surface area (Å²) in [6.45, 7) is 13.8. The average Bonchev–Trinajstić information content (AvgIpc) is 3.01. The molecule has 0 aromatic carbocycles. The van der Waals surface area contributed by atoms with E-state index in [1.807, 2.05) is 39.5 Å². The highest BCUT2D eigenvalue weighted by Gasteiger charge is 2.27. The zero-order valence-corrected chi connectivity index (χ0v) is 18.7. The first-order valence-electron chi connectivity index (χ1n) is 10.3. The predicted molar refractivity (Wildman–Crippen MR) is 120 cm³/mol. The molecule has 1 aliphatic rings. The molecule has 0 atom stereocenters. The van der Waals surface area contributed by atoms with E-state index in [1.54, 1.807) is 17.8 Å². The minimum absolute atomic E-state index is 0.0840. The van der Waals surface area contributed by atoms with Crippen LogP contribution in [0.4, 0.5) is 5.82 Å². The number of nitrogens with zero attached hydrogens (tertiary/aromatic N) is 4. The molecule has 0 unspecified atom stereocenters. The monoisotopic (exact) mass is 397 g/mol. The number of hydrogen-bond acceptors (Lipinski definition) is 4. The Morgan fingerprint density at radius 1 is 1.28 bits per heavy atom. The zero-order valence-electron chi connectivity index (χ0n) is 18.7. The molecular formula is C23H35N5O. The lowest BCUT2D eigenvalue weighted by Gasteiger charge is -2.26. The van der Waals surface area contributed by atoms with E-state index < -0.39 is 0 Å². The molecule has 3 heterocycles. The van der Waals surface area contributed by atoms with Crippen molar-refractivity contribution in [3.63, 3.8) is 0 Å². The maximum atomic E-state index is 12.7. The molecule has 1 amide bonds. The van der Waals surface area contributed by atoms with Crippen molar-refractivity contribution in [1.82, 2.24) is 20.1 Å². The van der Waals surface area contributed by atoms with Crippen LogP contribution in [-0.2, 0) is 7.05 Å². The maximum absolute atomic E-state index is 12.7. The van der Waals surface area contributed by atoms with Gasteiger partial charge in [0.05, 0.1) is 11.8 Å². The summed E-state index contributed by atoms with van der Waals surface area (Å²) in [6.07, 6.45) is 10.8. The molecule has 2 aromatic rings. The summed E-state index contributed by atoms with van der Waals surface area (Å²) >= 11 is 0. The van der Waals surface area contributed by atoms with Crippen molar-refractivity contribution in [2.24, 2.45) is 12.5 Å². The Hall–Kier alpha value is -2.63. The molecule has 2 aromatic heterocycles.